The molecule has 2 aromatic heterocycles. The number of benzene rings is 6. The van der Waals surface area contributed by atoms with Crippen LogP contribution in [0.3, 0.4) is 0 Å². The average Bonchev–Trinajstić information content (AvgIpc) is 4.22. The standard InChI is InChI=1S/C31H35N5S.C24H26N2S.C12H19IN2/c32-10-6-24-14-23(15-25(16-24)7-11-33)5-4-22-2-1-3-28(18-22)31-36-30(21-37-31)29-19-26(8-12-34)17-27(20-29)9-13-35;1-3-4-6-20-15-21(17-22(16-20)11-12-25-2)10-9-19-7-5-8-23(18-19)24-26-13-14-27-24;1-14-5-3-10-7-11(4-6-15-2)9-12(13)8-10/h1-3,14-21H,6-13,32-35H2;5,7-8,13-18,25H,3-4,6,11-12H2,1-2H3;7-9,14-15H,3-6H2,1-2H3. The fraction of sp³-hybridized carbons (Fsp3) is 0.313. The zero-order valence-electron chi connectivity index (χ0n) is 46.7. The van der Waals surface area contributed by atoms with E-state index in [1.165, 1.54) is 60.9 Å². The number of unbranched alkanes of at least 4 members (excludes halogenated alkanes) is 1. The maximum Gasteiger partial charge on any atom is 0.124 e. The number of rotatable bonds is 23. The minimum Gasteiger partial charge on any atom is -0.330 e. The van der Waals surface area contributed by atoms with Crippen LogP contribution in [0.1, 0.15) is 86.5 Å². The molecule has 12 heteroatoms. The number of hydrogen-bond acceptors (Lipinski definition) is 11. The first-order chi connectivity index (χ1) is 38.6. The lowest BCUT2D eigenvalue weighted by atomic mass is 10.00. The number of halogens is 1. The van der Waals surface area contributed by atoms with Crippen LogP contribution in [-0.2, 0) is 51.4 Å². The summed E-state index contributed by atoms with van der Waals surface area (Å²) in [5.41, 5.74) is 42.0. The number of thiazole rings is 2. The fourth-order valence-corrected chi connectivity index (χ4v) is 11.2. The lowest BCUT2D eigenvalue weighted by Gasteiger charge is -2.07. The molecular weight excluding hydrogens is 1120 g/mol. The van der Waals surface area contributed by atoms with Crippen LogP contribution in [0.4, 0.5) is 0 Å². The molecule has 0 saturated heterocycles. The Balaban J connectivity index is 0.000000209. The van der Waals surface area contributed by atoms with Gasteiger partial charge in [0.25, 0.3) is 0 Å². The molecule has 0 aliphatic carbocycles. The molecule has 0 unspecified atom stereocenters. The molecule has 11 N–H and O–H groups in total. The summed E-state index contributed by atoms with van der Waals surface area (Å²) in [6.07, 6.45) is 12.0. The van der Waals surface area contributed by atoms with Crippen molar-refractivity contribution in [3.8, 4) is 56.1 Å². The lowest BCUT2D eigenvalue weighted by Crippen LogP contribution is -2.12. The highest BCUT2D eigenvalue weighted by molar-refractivity contribution is 14.1. The van der Waals surface area contributed by atoms with Gasteiger partial charge < -0.3 is 38.9 Å². The third-order valence-corrected chi connectivity index (χ3v) is 15.2. The van der Waals surface area contributed by atoms with Crippen molar-refractivity contribution in [3.05, 3.63) is 209 Å². The van der Waals surface area contributed by atoms with E-state index in [0.29, 0.717) is 26.2 Å². The number of nitrogens with one attached hydrogen (secondary N) is 3. The summed E-state index contributed by atoms with van der Waals surface area (Å²) in [5.74, 6) is 13.4. The van der Waals surface area contributed by atoms with Crippen molar-refractivity contribution >= 4 is 45.3 Å². The smallest absolute Gasteiger partial charge is 0.124 e. The van der Waals surface area contributed by atoms with Gasteiger partial charge in [-0.15, -0.1) is 22.7 Å². The van der Waals surface area contributed by atoms with Gasteiger partial charge in [0.1, 0.15) is 10.0 Å². The molecule has 0 atom stereocenters. The van der Waals surface area contributed by atoms with E-state index in [1.807, 2.05) is 44.9 Å². The van der Waals surface area contributed by atoms with Gasteiger partial charge in [-0.05, 0) is 265 Å². The second-order valence-electron chi connectivity index (χ2n) is 19.4. The highest BCUT2D eigenvalue weighted by atomic mass is 127. The van der Waals surface area contributed by atoms with Crippen LogP contribution in [0.2, 0.25) is 0 Å². The number of hydrogen-bond donors (Lipinski definition) is 7. The van der Waals surface area contributed by atoms with Crippen molar-refractivity contribution in [2.24, 2.45) is 22.9 Å². The molecule has 0 radical (unpaired) electrons. The minimum absolute atomic E-state index is 0.614. The summed E-state index contributed by atoms with van der Waals surface area (Å²) < 4.78 is 1.34. The van der Waals surface area contributed by atoms with Crippen LogP contribution in [-0.4, -0.2) is 76.9 Å². The van der Waals surface area contributed by atoms with E-state index in [1.54, 1.807) is 22.7 Å². The quantitative estimate of drug-likeness (QED) is 0.0244. The summed E-state index contributed by atoms with van der Waals surface area (Å²) in [6.45, 7) is 7.78. The molecule has 0 bridgehead atoms. The van der Waals surface area contributed by atoms with Gasteiger partial charge in [0.15, 0.2) is 0 Å². The predicted molar refractivity (Wildman–Crippen MR) is 347 cm³/mol. The van der Waals surface area contributed by atoms with Crippen molar-refractivity contribution in [3.63, 3.8) is 0 Å². The van der Waals surface area contributed by atoms with E-state index in [4.69, 9.17) is 27.9 Å². The molecule has 0 spiro atoms. The van der Waals surface area contributed by atoms with E-state index in [0.717, 1.165) is 126 Å². The first-order valence-corrected chi connectivity index (χ1v) is 30.5. The molecule has 0 amide bonds. The van der Waals surface area contributed by atoms with Crippen LogP contribution >= 0.6 is 45.3 Å². The Bertz CT molecular complexity index is 3130. The lowest BCUT2D eigenvalue weighted by molar-refractivity contribution is 0.779. The van der Waals surface area contributed by atoms with Crippen LogP contribution in [0, 0.1) is 27.3 Å². The normalized spacial score (nSPS) is 10.6. The van der Waals surface area contributed by atoms with Crippen LogP contribution in [0.15, 0.2) is 138 Å². The molecule has 8 aromatic rings. The van der Waals surface area contributed by atoms with Gasteiger partial charge in [0.05, 0.1) is 5.69 Å². The Morgan fingerprint density at radius 2 is 0.873 bits per heavy atom. The second kappa shape index (κ2) is 35.0. The third kappa shape index (κ3) is 21.6. The highest BCUT2D eigenvalue weighted by Gasteiger charge is 2.11. The van der Waals surface area contributed by atoms with E-state index in [9.17, 15) is 0 Å². The highest BCUT2D eigenvalue weighted by Crippen LogP contribution is 2.31. The number of likely N-dealkylation sites (N-methyl/N-ethyl adjacent to an activating group) is 3. The third-order valence-electron chi connectivity index (χ3n) is 12.9. The summed E-state index contributed by atoms with van der Waals surface area (Å²) in [5, 5.41) is 15.7. The minimum atomic E-state index is 0.614. The van der Waals surface area contributed by atoms with Gasteiger partial charge in [-0.1, -0.05) is 85.6 Å². The van der Waals surface area contributed by atoms with Crippen molar-refractivity contribution in [2.75, 3.05) is 67.0 Å². The number of aryl methyl sites for hydroxylation is 1. The first kappa shape index (κ1) is 62.3. The Morgan fingerprint density at radius 1 is 0.456 bits per heavy atom. The van der Waals surface area contributed by atoms with Crippen LogP contribution < -0.4 is 38.9 Å². The zero-order chi connectivity index (χ0) is 56.0. The SMILES string of the molecule is CCCCc1cc(C#Cc2cccc(-c3nccs3)c2)cc(CCNC)c1.CNCCc1cc(I)cc(CCNC)c1.NCCc1cc(C#Cc2cccc(-c3nc(-c4cc(CCN)cc(CCN)c4)cs3)c2)cc(CCN)c1. The van der Waals surface area contributed by atoms with E-state index in [-0.39, 0.29) is 0 Å². The molecule has 0 aliphatic heterocycles. The van der Waals surface area contributed by atoms with Gasteiger partial charge in [0, 0.05) is 59.5 Å². The molecule has 79 heavy (non-hydrogen) atoms. The fourth-order valence-electron chi connectivity index (χ4n) is 8.96. The predicted octanol–water partition coefficient (Wildman–Crippen LogP) is 11.0. The molecule has 0 fully saturated rings. The van der Waals surface area contributed by atoms with Gasteiger partial charge in [0.2, 0.25) is 0 Å². The molecule has 0 aliphatic rings. The first-order valence-electron chi connectivity index (χ1n) is 27.7. The summed E-state index contributed by atoms with van der Waals surface area (Å²) in [4.78, 5) is 9.35. The van der Waals surface area contributed by atoms with Crippen molar-refractivity contribution in [1.82, 2.24) is 25.9 Å². The Kier molecular flexibility index (Phi) is 27.6. The van der Waals surface area contributed by atoms with Gasteiger partial charge in [-0.3, -0.25) is 0 Å². The second-order valence-corrected chi connectivity index (χ2v) is 22.4. The monoisotopic (exact) mass is 1200 g/mol. The molecule has 8 rings (SSSR count). The molecule has 412 valence electrons. The van der Waals surface area contributed by atoms with Crippen LogP contribution in [0.25, 0.3) is 32.4 Å². The summed E-state index contributed by atoms with van der Waals surface area (Å²) in [7, 11) is 5.99. The maximum absolute atomic E-state index is 5.81. The topological polar surface area (TPSA) is 166 Å². The molecule has 9 nitrogen and oxygen atoms in total. The average molecular weight is 1200 g/mol. The Labute approximate surface area is 493 Å². The van der Waals surface area contributed by atoms with E-state index in [2.05, 4.69) is 189 Å². The number of nitrogens with zero attached hydrogens (tertiary/aromatic N) is 2. The maximum atomic E-state index is 5.81. The molecular formula is C67H80IN9S2. The summed E-state index contributed by atoms with van der Waals surface area (Å²) >= 11 is 5.69. The Hall–Kier alpha value is -5.85. The van der Waals surface area contributed by atoms with E-state index >= 15 is 0 Å². The Morgan fingerprint density at radius 3 is 1.30 bits per heavy atom. The largest absolute Gasteiger partial charge is 0.330 e. The molecule has 2 heterocycles. The van der Waals surface area contributed by atoms with Crippen LogP contribution in [0.5, 0.6) is 0 Å². The molecule has 6 aromatic carbocycles. The zero-order valence-corrected chi connectivity index (χ0v) is 50.5. The van der Waals surface area contributed by atoms with E-state index < -0.39 is 0 Å². The number of nitrogens with two attached hydrogens (primary N) is 4. The van der Waals surface area contributed by atoms with Crippen molar-refractivity contribution < 1.29 is 0 Å². The van der Waals surface area contributed by atoms with Gasteiger partial charge >= 0.3 is 0 Å². The number of aromatic nitrogens is 2. The van der Waals surface area contributed by atoms with Gasteiger partial charge in [-0.25, -0.2) is 9.97 Å². The molecule has 0 saturated carbocycles. The van der Waals surface area contributed by atoms with Crippen molar-refractivity contribution in [2.45, 2.75) is 71.1 Å². The van der Waals surface area contributed by atoms with Crippen molar-refractivity contribution in [1.29, 1.82) is 0 Å². The van der Waals surface area contributed by atoms with Gasteiger partial charge in [-0.2, -0.15) is 0 Å². The summed E-state index contributed by atoms with van der Waals surface area (Å²) in [6, 6.07) is 43.2.